The van der Waals surface area contributed by atoms with Crippen LogP contribution in [0.5, 0.6) is 5.75 Å². The van der Waals surface area contributed by atoms with Crippen LogP contribution in [0.1, 0.15) is 18.4 Å². The Morgan fingerprint density at radius 2 is 1.80 bits per heavy atom. The van der Waals surface area contributed by atoms with Crippen molar-refractivity contribution in [2.75, 3.05) is 18.2 Å². The topological polar surface area (TPSA) is 77.2 Å². The lowest BCUT2D eigenvalue weighted by Gasteiger charge is -2.05. The summed E-state index contributed by atoms with van der Waals surface area (Å²) in [7, 11) is 1.61. The van der Waals surface area contributed by atoms with Crippen molar-refractivity contribution in [2.45, 2.75) is 23.9 Å². The van der Waals surface area contributed by atoms with E-state index in [4.69, 9.17) is 9.15 Å². The van der Waals surface area contributed by atoms with Crippen LogP contribution in [0.15, 0.2) is 57.8 Å². The first kappa shape index (κ1) is 21.7. The zero-order valence-electron chi connectivity index (χ0n) is 15.9. The maximum atomic E-state index is 12.6. The first-order valence-corrected chi connectivity index (χ1v) is 9.91. The Hall–Kier alpha value is -3.01. The quantitative estimate of drug-likeness (QED) is 0.382. The highest BCUT2D eigenvalue weighted by atomic mass is 32.2. The Morgan fingerprint density at radius 1 is 1.10 bits per heavy atom. The highest BCUT2D eigenvalue weighted by Crippen LogP contribution is 2.31. The van der Waals surface area contributed by atoms with Gasteiger partial charge < -0.3 is 9.15 Å². The molecule has 3 rings (SSSR count). The minimum absolute atomic E-state index is 0.0223. The van der Waals surface area contributed by atoms with Crippen molar-refractivity contribution in [3.63, 3.8) is 0 Å². The van der Waals surface area contributed by atoms with Gasteiger partial charge in [-0.3, -0.25) is 10.1 Å². The number of benzene rings is 2. The van der Waals surface area contributed by atoms with E-state index in [1.165, 1.54) is 12.1 Å². The molecule has 10 heteroatoms. The number of hydrogen-bond acceptors (Lipinski definition) is 6. The molecule has 0 aliphatic rings. The van der Waals surface area contributed by atoms with Crippen LogP contribution in [0.2, 0.25) is 0 Å². The standard InChI is InChI=1S/C20H18F3N3O3S/c1-28-15-8-10-16(11-9-15)30-12-2-3-17(27)24-19-26-25-18(29-19)13-4-6-14(7-5-13)20(21,22)23/h4-11H,2-3,12H2,1H3,(H,24,26,27). The molecule has 1 aromatic heterocycles. The fourth-order valence-electron chi connectivity index (χ4n) is 2.47. The average molecular weight is 437 g/mol. The molecule has 1 amide bonds. The molecule has 0 aliphatic heterocycles. The van der Waals surface area contributed by atoms with Crippen molar-refractivity contribution < 1.29 is 27.1 Å². The first-order chi connectivity index (χ1) is 14.3. The van der Waals surface area contributed by atoms with E-state index >= 15 is 0 Å². The van der Waals surface area contributed by atoms with Gasteiger partial charge in [0.1, 0.15) is 5.75 Å². The highest BCUT2D eigenvalue weighted by Gasteiger charge is 2.30. The predicted octanol–water partition coefficient (Wildman–Crippen LogP) is 5.28. The number of carbonyl (C=O) groups is 1. The van der Waals surface area contributed by atoms with E-state index in [2.05, 4.69) is 15.5 Å². The van der Waals surface area contributed by atoms with Crippen LogP contribution in [0.3, 0.4) is 0 Å². The maximum Gasteiger partial charge on any atom is 0.416 e. The molecule has 30 heavy (non-hydrogen) atoms. The summed E-state index contributed by atoms with van der Waals surface area (Å²) in [6.07, 6.45) is -3.51. The molecule has 0 atom stereocenters. The Balaban J connectivity index is 1.45. The van der Waals surface area contributed by atoms with E-state index in [0.717, 1.165) is 28.5 Å². The smallest absolute Gasteiger partial charge is 0.416 e. The number of rotatable bonds is 8. The van der Waals surface area contributed by atoms with Gasteiger partial charge in [0.15, 0.2) is 0 Å². The van der Waals surface area contributed by atoms with Crippen LogP contribution in [-0.4, -0.2) is 29.0 Å². The molecule has 0 bridgehead atoms. The Bertz CT molecular complexity index is 973. The Morgan fingerprint density at radius 3 is 2.43 bits per heavy atom. The van der Waals surface area contributed by atoms with Crippen LogP contribution in [0, 0.1) is 0 Å². The van der Waals surface area contributed by atoms with Crippen molar-refractivity contribution in [1.29, 1.82) is 0 Å². The van der Waals surface area contributed by atoms with Gasteiger partial charge in [0.25, 0.3) is 0 Å². The second-order valence-electron chi connectivity index (χ2n) is 6.16. The summed E-state index contributed by atoms with van der Waals surface area (Å²) in [6.45, 7) is 0. The number of anilines is 1. The van der Waals surface area contributed by atoms with E-state index in [1.54, 1.807) is 18.9 Å². The zero-order chi connectivity index (χ0) is 21.6. The fraction of sp³-hybridized carbons (Fsp3) is 0.250. The van der Waals surface area contributed by atoms with Gasteiger partial charge >= 0.3 is 12.2 Å². The lowest BCUT2D eigenvalue weighted by molar-refractivity contribution is -0.137. The lowest BCUT2D eigenvalue weighted by atomic mass is 10.1. The molecule has 3 aromatic rings. The van der Waals surface area contributed by atoms with Crippen LogP contribution < -0.4 is 10.1 Å². The van der Waals surface area contributed by atoms with Crippen LogP contribution in [0.25, 0.3) is 11.5 Å². The van der Waals surface area contributed by atoms with Gasteiger partial charge in [-0.2, -0.15) is 13.2 Å². The van der Waals surface area contributed by atoms with Gasteiger partial charge in [0.2, 0.25) is 11.8 Å². The summed E-state index contributed by atoms with van der Waals surface area (Å²) < 4.78 is 48.3. The molecule has 0 fully saturated rings. The summed E-state index contributed by atoms with van der Waals surface area (Å²) in [5.74, 6) is 1.27. The Kier molecular flexibility index (Phi) is 6.99. The molecule has 158 valence electrons. The number of carbonyl (C=O) groups excluding carboxylic acids is 1. The van der Waals surface area contributed by atoms with E-state index < -0.39 is 11.7 Å². The third-order valence-electron chi connectivity index (χ3n) is 4.01. The zero-order valence-corrected chi connectivity index (χ0v) is 16.7. The molecule has 6 nitrogen and oxygen atoms in total. The number of amides is 1. The SMILES string of the molecule is COc1ccc(SCCCC(=O)Nc2nnc(-c3ccc(C(F)(F)F)cc3)o2)cc1. The molecule has 0 unspecified atom stereocenters. The molecular weight excluding hydrogens is 419 g/mol. The monoisotopic (exact) mass is 437 g/mol. The van der Waals surface area contributed by atoms with Crippen molar-refractivity contribution in [1.82, 2.24) is 10.2 Å². The summed E-state index contributed by atoms with van der Waals surface area (Å²) in [6, 6.07) is 11.9. The van der Waals surface area contributed by atoms with Crippen LogP contribution in [0.4, 0.5) is 19.2 Å². The van der Waals surface area contributed by atoms with Crippen molar-refractivity contribution in [3.8, 4) is 17.2 Å². The van der Waals surface area contributed by atoms with Gasteiger partial charge in [0, 0.05) is 16.9 Å². The number of alkyl halides is 3. The number of nitrogens with one attached hydrogen (secondary N) is 1. The Labute approximate surface area is 174 Å². The third kappa shape index (κ3) is 5.99. The van der Waals surface area contributed by atoms with Gasteiger partial charge in [-0.1, -0.05) is 5.10 Å². The number of methoxy groups -OCH3 is 1. The summed E-state index contributed by atoms with van der Waals surface area (Å²) >= 11 is 1.63. The van der Waals surface area contributed by atoms with Crippen LogP contribution >= 0.6 is 11.8 Å². The van der Waals surface area contributed by atoms with Crippen molar-refractivity contribution in [2.24, 2.45) is 0 Å². The minimum Gasteiger partial charge on any atom is -0.497 e. The molecule has 0 saturated heterocycles. The van der Waals surface area contributed by atoms with Gasteiger partial charge in [-0.15, -0.1) is 16.9 Å². The molecule has 1 N–H and O–H groups in total. The van der Waals surface area contributed by atoms with Gasteiger partial charge in [0.05, 0.1) is 12.7 Å². The van der Waals surface area contributed by atoms with E-state index in [9.17, 15) is 18.0 Å². The second-order valence-corrected chi connectivity index (χ2v) is 7.33. The highest BCUT2D eigenvalue weighted by molar-refractivity contribution is 7.99. The van der Waals surface area contributed by atoms with Gasteiger partial charge in [-0.05, 0) is 60.7 Å². The average Bonchev–Trinajstić information content (AvgIpc) is 3.19. The van der Waals surface area contributed by atoms with E-state index in [1.807, 2.05) is 24.3 Å². The molecule has 0 aliphatic carbocycles. The number of ether oxygens (including phenoxy) is 1. The number of halogens is 3. The normalized spacial score (nSPS) is 11.3. The summed E-state index contributed by atoms with van der Waals surface area (Å²) in [5.41, 5.74) is -0.446. The number of hydrogen-bond donors (Lipinski definition) is 1. The predicted molar refractivity (Wildman–Crippen MR) is 106 cm³/mol. The molecule has 0 spiro atoms. The summed E-state index contributed by atoms with van der Waals surface area (Å²) in [4.78, 5) is 13.1. The number of aromatic nitrogens is 2. The molecule has 0 radical (unpaired) electrons. The maximum absolute atomic E-state index is 12.6. The number of nitrogens with zero attached hydrogens (tertiary/aromatic N) is 2. The lowest BCUT2D eigenvalue weighted by Crippen LogP contribution is -2.11. The minimum atomic E-state index is -4.42. The summed E-state index contributed by atoms with van der Waals surface area (Å²) in [5, 5.41) is 9.96. The van der Waals surface area contributed by atoms with E-state index in [-0.39, 0.29) is 24.2 Å². The molecular formula is C20H18F3N3O3S. The first-order valence-electron chi connectivity index (χ1n) is 8.93. The molecule has 2 aromatic carbocycles. The van der Waals surface area contributed by atoms with Gasteiger partial charge in [-0.25, -0.2) is 0 Å². The molecule has 1 heterocycles. The van der Waals surface area contributed by atoms with Crippen molar-refractivity contribution >= 4 is 23.7 Å². The van der Waals surface area contributed by atoms with Crippen molar-refractivity contribution in [3.05, 3.63) is 54.1 Å². The largest absolute Gasteiger partial charge is 0.497 e. The van der Waals surface area contributed by atoms with Crippen LogP contribution in [-0.2, 0) is 11.0 Å². The third-order valence-corrected chi connectivity index (χ3v) is 5.11. The second kappa shape index (κ2) is 9.66. The van der Waals surface area contributed by atoms with E-state index in [0.29, 0.717) is 12.0 Å². The number of thioether (sulfide) groups is 1. The molecule has 0 saturated carbocycles. The fourth-order valence-corrected chi connectivity index (χ4v) is 3.32.